The Morgan fingerprint density at radius 2 is 1.92 bits per heavy atom. The van der Waals surface area contributed by atoms with E-state index in [0.29, 0.717) is 22.9 Å². The second-order valence-corrected chi connectivity index (χ2v) is 5.09. The van der Waals surface area contributed by atoms with Crippen LogP contribution in [0.2, 0.25) is 0 Å². The van der Waals surface area contributed by atoms with Crippen LogP contribution in [0.4, 0.5) is 5.69 Å². The Bertz CT molecular complexity index is 924. The van der Waals surface area contributed by atoms with E-state index in [-0.39, 0.29) is 23.9 Å². The molecular weight excluding hydrogens is 342 g/mol. The summed E-state index contributed by atoms with van der Waals surface area (Å²) in [5.41, 5.74) is 0.484. The maximum absolute atomic E-state index is 11.0. The van der Waals surface area contributed by atoms with Crippen molar-refractivity contribution in [1.82, 2.24) is 10.1 Å². The van der Waals surface area contributed by atoms with E-state index in [1.807, 2.05) is 0 Å². The number of para-hydroxylation sites is 2. The van der Waals surface area contributed by atoms with Gasteiger partial charge in [-0.1, -0.05) is 17.3 Å². The molecule has 0 saturated carbocycles. The smallest absolute Gasteiger partial charge is 0.310 e. The summed E-state index contributed by atoms with van der Waals surface area (Å²) >= 11 is 0. The van der Waals surface area contributed by atoms with Gasteiger partial charge in [-0.05, 0) is 18.2 Å². The molecular formula is C17H15N3O6. The molecule has 0 aliphatic rings. The number of nitro groups is 1. The molecule has 0 amide bonds. The lowest BCUT2D eigenvalue weighted by atomic mass is 10.2. The van der Waals surface area contributed by atoms with Crippen molar-refractivity contribution in [1.29, 1.82) is 0 Å². The highest BCUT2D eigenvalue weighted by Crippen LogP contribution is 2.32. The lowest BCUT2D eigenvalue weighted by molar-refractivity contribution is -0.386. The lowest BCUT2D eigenvalue weighted by Crippen LogP contribution is -1.99. The van der Waals surface area contributed by atoms with E-state index in [1.165, 1.54) is 19.2 Å². The van der Waals surface area contributed by atoms with Crippen molar-refractivity contribution >= 4 is 5.69 Å². The number of nitro benzene ring substituents is 1. The Kier molecular flexibility index (Phi) is 4.97. The molecule has 0 saturated heterocycles. The van der Waals surface area contributed by atoms with Gasteiger partial charge in [-0.25, -0.2) is 0 Å². The first-order valence-electron chi connectivity index (χ1n) is 7.53. The van der Waals surface area contributed by atoms with Crippen molar-refractivity contribution in [3.63, 3.8) is 0 Å². The Morgan fingerprint density at radius 1 is 1.12 bits per heavy atom. The van der Waals surface area contributed by atoms with Crippen LogP contribution in [0.5, 0.6) is 17.2 Å². The van der Waals surface area contributed by atoms with Gasteiger partial charge in [0, 0.05) is 12.1 Å². The first-order chi connectivity index (χ1) is 12.6. The zero-order chi connectivity index (χ0) is 18.5. The Balaban J connectivity index is 1.78. The Morgan fingerprint density at radius 3 is 2.65 bits per heavy atom. The molecule has 1 heterocycles. The number of rotatable bonds is 7. The summed E-state index contributed by atoms with van der Waals surface area (Å²) in [5, 5.41) is 14.9. The summed E-state index contributed by atoms with van der Waals surface area (Å²) < 4.78 is 21.1. The predicted octanol–water partition coefficient (Wildman–Crippen LogP) is 3.24. The number of hydrogen-bond donors (Lipinski definition) is 0. The number of hydrogen-bond acceptors (Lipinski definition) is 8. The maximum Gasteiger partial charge on any atom is 0.310 e. The summed E-state index contributed by atoms with van der Waals surface area (Å²) in [6.45, 7) is -0.101. The van der Waals surface area contributed by atoms with Crippen LogP contribution in [0.15, 0.2) is 47.0 Å². The zero-order valence-corrected chi connectivity index (χ0v) is 14.0. The number of ether oxygens (including phenoxy) is 3. The largest absolute Gasteiger partial charge is 0.497 e. The number of benzene rings is 2. The second-order valence-electron chi connectivity index (χ2n) is 5.09. The first-order valence-corrected chi connectivity index (χ1v) is 7.53. The SMILES string of the molecule is COc1ccc(-c2noc(COc3ccccc3[N+](=O)[O-])n2)c(OC)c1. The number of aromatic nitrogens is 2. The van der Waals surface area contributed by atoms with Crippen molar-refractivity contribution in [2.24, 2.45) is 0 Å². The molecule has 0 N–H and O–H groups in total. The quantitative estimate of drug-likeness (QED) is 0.468. The van der Waals surface area contributed by atoms with Crippen LogP contribution in [0.25, 0.3) is 11.4 Å². The van der Waals surface area contributed by atoms with E-state index in [9.17, 15) is 10.1 Å². The molecule has 0 aliphatic heterocycles. The average molecular weight is 357 g/mol. The minimum atomic E-state index is -0.517. The van der Waals surface area contributed by atoms with Crippen LogP contribution in [-0.4, -0.2) is 29.3 Å². The fourth-order valence-electron chi connectivity index (χ4n) is 2.28. The number of methoxy groups -OCH3 is 2. The van der Waals surface area contributed by atoms with Gasteiger partial charge in [-0.3, -0.25) is 10.1 Å². The summed E-state index contributed by atoms with van der Waals surface area (Å²) in [4.78, 5) is 14.7. The van der Waals surface area contributed by atoms with Gasteiger partial charge in [0.1, 0.15) is 11.5 Å². The van der Waals surface area contributed by atoms with Gasteiger partial charge < -0.3 is 18.7 Å². The molecule has 0 spiro atoms. The molecule has 26 heavy (non-hydrogen) atoms. The zero-order valence-electron chi connectivity index (χ0n) is 14.0. The van der Waals surface area contributed by atoms with Gasteiger partial charge in [-0.2, -0.15) is 4.98 Å². The second kappa shape index (κ2) is 7.51. The van der Waals surface area contributed by atoms with Gasteiger partial charge in [0.25, 0.3) is 5.89 Å². The third-order valence-electron chi connectivity index (χ3n) is 3.53. The minimum absolute atomic E-state index is 0.101. The summed E-state index contributed by atoms with van der Waals surface area (Å²) in [7, 11) is 3.08. The summed E-state index contributed by atoms with van der Waals surface area (Å²) in [5.74, 6) is 1.77. The molecule has 0 bridgehead atoms. The van der Waals surface area contributed by atoms with Crippen LogP contribution in [0.1, 0.15) is 5.89 Å². The van der Waals surface area contributed by atoms with Crippen molar-refractivity contribution in [2.75, 3.05) is 14.2 Å². The van der Waals surface area contributed by atoms with Crippen LogP contribution >= 0.6 is 0 Å². The van der Waals surface area contributed by atoms with Gasteiger partial charge in [0.15, 0.2) is 12.4 Å². The van der Waals surface area contributed by atoms with Gasteiger partial charge in [0.2, 0.25) is 5.82 Å². The standard InChI is InChI=1S/C17H15N3O6/c1-23-11-7-8-12(15(9-11)24-2)17-18-16(26-19-17)10-25-14-6-4-3-5-13(14)20(21)22/h3-9H,10H2,1-2H3. The molecule has 0 atom stereocenters. The molecule has 2 aromatic carbocycles. The van der Waals surface area contributed by atoms with Crippen LogP contribution in [0, 0.1) is 10.1 Å². The van der Waals surface area contributed by atoms with E-state index >= 15 is 0 Å². The molecule has 0 fully saturated rings. The first kappa shape index (κ1) is 17.2. The normalized spacial score (nSPS) is 10.4. The van der Waals surface area contributed by atoms with Crippen LogP contribution in [-0.2, 0) is 6.61 Å². The van der Waals surface area contributed by atoms with Crippen molar-refractivity contribution in [3.05, 3.63) is 58.5 Å². The van der Waals surface area contributed by atoms with Crippen molar-refractivity contribution in [2.45, 2.75) is 6.61 Å². The monoisotopic (exact) mass is 357 g/mol. The third-order valence-corrected chi connectivity index (χ3v) is 3.53. The highest BCUT2D eigenvalue weighted by Gasteiger charge is 2.17. The molecule has 3 aromatic rings. The topological polar surface area (TPSA) is 110 Å². The highest BCUT2D eigenvalue weighted by molar-refractivity contribution is 5.65. The van der Waals surface area contributed by atoms with Crippen molar-refractivity contribution in [3.8, 4) is 28.6 Å². The van der Waals surface area contributed by atoms with E-state index in [4.69, 9.17) is 18.7 Å². The number of nitrogens with zero attached hydrogens (tertiary/aromatic N) is 3. The Hall–Kier alpha value is -3.62. The van der Waals surface area contributed by atoms with E-state index in [0.717, 1.165) is 0 Å². The molecule has 0 aliphatic carbocycles. The van der Waals surface area contributed by atoms with Gasteiger partial charge >= 0.3 is 5.69 Å². The molecule has 134 valence electrons. The molecule has 9 heteroatoms. The molecule has 3 rings (SSSR count). The highest BCUT2D eigenvalue weighted by atomic mass is 16.6. The summed E-state index contributed by atoms with van der Waals surface area (Å²) in [6, 6.07) is 11.3. The molecule has 0 unspecified atom stereocenters. The van der Waals surface area contributed by atoms with Crippen LogP contribution < -0.4 is 14.2 Å². The van der Waals surface area contributed by atoms with Crippen molar-refractivity contribution < 1.29 is 23.7 Å². The molecule has 1 aromatic heterocycles. The maximum atomic E-state index is 11.0. The predicted molar refractivity (Wildman–Crippen MR) is 90.3 cm³/mol. The molecule has 9 nitrogen and oxygen atoms in total. The van der Waals surface area contributed by atoms with E-state index in [2.05, 4.69) is 10.1 Å². The Labute approximate surface area is 148 Å². The molecule has 0 radical (unpaired) electrons. The summed E-state index contributed by atoms with van der Waals surface area (Å²) in [6.07, 6.45) is 0. The fourth-order valence-corrected chi connectivity index (χ4v) is 2.28. The lowest BCUT2D eigenvalue weighted by Gasteiger charge is -2.07. The van der Waals surface area contributed by atoms with Gasteiger partial charge in [0.05, 0.1) is 24.7 Å². The van der Waals surface area contributed by atoms with Gasteiger partial charge in [-0.15, -0.1) is 0 Å². The average Bonchev–Trinajstić information content (AvgIpc) is 3.14. The fraction of sp³-hybridized carbons (Fsp3) is 0.176. The van der Waals surface area contributed by atoms with Crippen LogP contribution in [0.3, 0.4) is 0 Å². The third kappa shape index (κ3) is 3.56. The minimum Gasteiger partial charge on any atom is -0.497 e. The van der Waals surface area contributed by atoms with E-state index in [1.54, 1.807) is 37.4 Å². The van der Waals surface area contributed by atoms with E-state index < -0.39 is 4.92 Å².